The Labute approximate surface area is 333 Å². The third-order valence-electron chi connectivity index (χ3n) is 11.8. The molecule has 2 saturated carbocycles. The van der Waals surface area contributed by atoms with Crippen molar-refractivity contribution in [3.05, 3.63) is 72.9 Å². The SMILES string of the molecule is CCOc1cnc(O[C@@H]2C[C@H]3C(=O)N[C@]4(C(=O)NS(=O)(=O)C5(C)CC5)C[C@H]4/C=C\CC[C@@H](C)C[C@@H](C)[C@H](NC(=O)Oc4ccccc4)C(=O)N3C2)c2ccccc12. The van der Waals surface area contributed by atoms with Crippen molar-refractivity contribution >= 4 is 44.6 Å². The van der Waals surface area contributed by atoms with E-state index >= 15 is 0 Å². The molecule has 7 rings (SSSR count). The molecule has 4 aliphatic rings. The summed E-state index contributed by atoms with van der Waals surface area (Å²) >= 11 is 0. The van der Waals surface area contributed by atoms with Crippen LogP contribution in [0.4, 0.5) is 4.79 Å². The Balaban J connectivity index is 1.22. The first-order chi connectivity index (χ1) is 27.2. The number of ether oxygens (including phenoxy) is 3. The fourth-order valence-electron chi connectivity index (χ4n) is 8.01. The zero-order valence-electron chi connectivity index (χ0n) is 32.7. The number of carbonyl (C=O) groups is 4. The first kappa shape index (κ1) is 40.0. The standard InChI is InChI=1S/C42H51N5O9S/c1-5-54-34-24-43-37(32-18-12-11-17-31(32)34)55-30-22-33-36(48)45-42(39(50)46-57(52,53)41(4)19-20-41)23-28(42)14-10-9-13-26(2)21-27(3)35(38(49)47(33)25-30)44-40(51)56-29-15-7-6-8-16-29/h6-8,10-12,14-18,24,26-28,30,33,35H,5,9,13,19-23,25H2,1-4H3,(H,44,51)(H,45,48)(H,46,50)/b14-10-/t26-,27-,28-,30-,33+,35+,42-/m1/s1. The molecule has 2 aliphatic heterocycles. The summed E-state index contributed by atoms with van der Waals surface area (Å²) in [6.45, 7) is 7.84. The number of allylic oxidation sites excluding steroid dienone is 1. The van der Waals surface area contributed by atoms with E-state index in [2.05, 4.69) is 27.3 Å². The van der Waals surface area contributed by atoms with Gasteiger partial charge in [-0.2, -0.15) is 0 Å². The Bertz CT molecular complexity index is 2160. The van der Waals surface area contributed by atoms with Crippen molar-refractivity contribution in [1.29, 1.82) is 0 Å². The summed E-state index contributed by atoms with van der Waals surface area (Å²) in [6.07, 6.45) is 6.95. The normalized spacial score (nSPS) is 29.0. The van der Waals surface area contributed by atoms with E-state index in [1.165, 1.54) is 4.90 Å². The molecule has 14 nitrogen and oxygen atoms in total. The van der Waals surface area contributed by atoms with E-state index in [1.54, 1.807) is 43.5 Å². The number of nitrogens with zero attached hydrogens (tertiary/aromatic N) is 2. The van der Waals surface area contributed by atoms with Crippen molar-refractivity contribution in [3.8, 4) is 17.4 Å². The summed E-state index contributed by atoms with van der Waals surface area (Å²) < 4.78 is 45.5. The van der Waals surface area contributed by atoms with Crippen LogP contribution < -0.4 is 29.6 Å². The van der Waals surface area contributed by atoms with Crippen LogP contribution in [0.3, 0.4) is 0 Å². The van der Waals surface area contributed by atoms with Gasteiger partial charge in [0.1, 0.15) is 35.2 Å². The highest BCUT2D eigenvalue weighted by atomic mass is 32.2. The van der Waals surface area contributed by atoms with E-state index < -0.39 is 68.2 Å². The van der Waals surface area contributed by atoms with Gasteiger partial charge in [-0.25, -0.2) is 18.2 Å². The highest BCUT2D eigenvalue weighted by Crippen LogP contribution is 2.47. The number of rotatable bonds is 9. The first-order valence-corrected chi connectivity index (χ1v) is 21.3. The molecular formula is C42H51N5O9S. The largest absolute Gasteiger partial charge is 0.492 e. The van der Waals surface area contributed by atoms with Gasteiger partial charge >= 0.3 is 6.09 Å². The van der Waals surface area contributed by atoms with Crippen molar-refractivity contribution < 1.29 is 41.8 Å². The third-order valence-corrected chi connectivity index (χ3v) is 13.9. The average Bonchev–Trinajstić information content (AvgIpc) is 4.06. The van der Waals surface area contributed by atoms with Crippen molar-refractivity contribution in [2.75, 3.05) is 13.2 Å². The highest BCUT2D eigenvalue weighted by molar-refractivity contribution is 7.91. The van der Waals surface area contributed by atoms with E-state index in [4.69, 9.17) is 14.2 Å². The van der Waals surface area contributed by atoms with Crippen LogP contribution in [-0.2, 0) is 24.4 Å². The molecule has 304 valence electrons. The molecule has 0 bridgehead atoms. The van der Waals surface area contributed by atoms with Gasteiger partial charge in [0.15, 0.2) is 0 Å². The van der Waals surface area contributed by atoms with Crippen LogP contribution in [0.1, 0.15) is 72.6 Å². The number of amides is 4. The van der Waals surface area contributed by atoms with Crippen LogP contribution in [0.15, 0.2) is 72.9 Å². The second-order valence-electron chi connectivity index (χ2n) is 16.2. The summed E-state index contributed by atoms with van der Waals surface area (Å²) in [5.74, 6) is -1.47. The number of aromatic nitrogens is 1. The lowest BCUT2D eigenvalue weighted by Gasteiger charge is -2.32. The van der Waals surface area contributed by atoms with Crippen LogP contribution >= 0.6 is 0 Å². The van der Waals surface area contributed by atoms with Crippen molar-refractivity contribution in [3.63, 3.8) is 0 Å². The minimum absolute atomic E-state index is 0.0291. The fraction of sp³-hybridized carbons (Fsp3) is 0.500. The molecule has 0 unspecified atom stereocenters. The predicted molar refractivity (Wildman–Crippen MR) is 212 cm³/mol. The number of pyridine rings is 1. The van der Waals surface area contributed by atoms with Gasteiger partial charge in [0, 0.05) is 23.1 Å². The molecule has 0 radical (unpaired) electrons. The molecule has 4 amide bonds. The minimum atomic E-state index is -4.01. The summed E-state index contributed by atoms with van der Waals surface area (Å²) in [4.78, 5) is 62.7. The molecule has 2 aromatic carbocycles. The lowest BCUT2D eigenvalue weighted by Crippen LogP contribution is -2.59. The van der Waals surface area contributed by atoms with Gasteiger partial charge in [-0.05, 0) is 82.4 Å². The molecule has 57 heavy (non-hydrogen) atoms. The Morgan fingerprint density at radius 3 is 2.46 bits per heavy atom. The zero-order valence-corrected chi connectivity index (χ0v) is 33.5. The van der Waals surface area contributed by atoms with Crippen molar-refractivity contribution in [2.45, 2.75) is 101 Å². The van der Waals surface area contributed by atoms with E-state index in [0.29, 0.717) is 55.1 Å². The summed E-state index contributed by atoms with van der Waals surface area (Å²) in [7, 11) is -4.01. The van der Waals surface area contributed by atoms with Crippen LogP contribution in [-0.4, -0.2) is 83.7 Å². The number of sulfonamides is 1. The molecule has 7 atom stereocenters. The van der Waals surface area contributed by atoms with Gasteiger partial charge in [-0.1, -0.05) is 62.4 Å². The second kappa shape index (κ2) is 16.0. The highest BCUT2D eigenvalue weighted by Gasteiger charge is 2.63. The maximum Gasteiger partial charge on any atom is 0.413 e. The monoisotopic (exact) mass is 801 g/mol. The molecule has 1 saturated heterocycles. The van der Waals surface area contributed by atoms with Gasteiger partial charge < -0.3 is 29.7 Å². The molecular weight excluding hydrogens is 751 g/mol. The number of carbonyl (C=O) groups excluding carboxylic acids is 4. The Hall–Kier alpha value is -5.18. The molecule has 15 heteroatoms. The molecule has 3 fully saturated rings. The van der Waals surface area contributed by atoms with Crippen LogP contribution in [0.25, 0.3) is 10.8 Å². The molecule has 2 aliphatic carbocycles. The van der Waals surface area contributed by atoms with Crippen LogP contribution in [0.5, 0.6) is 17.4 Å². The number of benzene rings is 2. The Morgan fingerprint density at radius 2 is 1.74 bits per heavy atom. The minimum Gasteiger partial charge on any atom is -0.492 e. The first-order valence-electron chi connectivity index (χ1n) is 19.8. The van der Waals surface area contributed by atoms with Crippen molar-refractivity contribution in [2.24, 2.45) is 17.8 Å². The van der Waals surface area contributed by atoms with Gasteiger partial charge in [0.05, 0.1) is 24.1 Å². The second-order valence-corrected chi connectivity index (χ2v) is 18.4. The number of fused-ring (bicyclic) bond motifs is 3. The van der Waals surface area contributed by atoms with Gasteiger partial charge in [0.25, 0.3) is 5.91 Å². The maximum absolute atomic E-state index is 14.9. The fourth-order valence-corrected chi connectivity index (χ4v) is 9.32. The van der Waals surface area contributed by atoms with E-state index in [-0.39, 0.29) is 31.2 Å². The number of hydrogen-bond donors (Lipinski definition) is 3. The van der Waals surface area contributed by atoms with Gasteiger partial charge in [-0.3, -0.25) is 19.1 Å². The summed E-state index contributed by atoms with van der Waals surface area (Å²) in [6, 6.07) is 13.8. The van der Waals surface area contributed by atoms with Gasteiger partial charge in [-0.15, -0.1) is 0 Å². The average molecular weight is 802 g/mol. The van der Waals surface area contributed by atoms with E-state index in [0.717, 1.165) is 11.8 Å². The topological polar surface area (TPSA) is 182 Å². The summed E-state index contributed by atoms with van der Waals surface area (Å²) in [5, 5.41) is 7.18. The Kier molecular flexibility index (Phi) is 11.2. The zero-order chi connectivity index (χ0) is 40.5. The number of para-hydroxylation sites is 1. The molecule has 1 aromatic heterocycles. The summed E-state index contributed by atoms with van der Waals surface area (Å²) in [5.41, 5.74) is -1.54. The smallest absolute Gasteiger partial charge is 0.413 e. The lowest BCUT2D eigenvalue weighted by molar-refractivity contribution is -0.142. The molecule has 3 N–H and O–H groups in total. The van der Waals surface area contributed by atoms with Crippen molar-refractivity contribution in [1.82, 2.24) is 25.2 Å². The van der Waals surface area contributed by atoms with Crippen LogP contribution in [0.2, 0.25) is 0 Å². The van der Waals surface area contributed by atoms with Crippen LogP contribution in [0, 0.1) is 17.8 Å². The molecule has 3 aromatic rings. The quantitative estimate of drug-likeness (QED) is 0.249. The third kappa shape index (κ3) is 8.44. The number of hydrogen-bond acceptors (Lipinski definition) is 10. The lowest BCUT2D eigenvalue weighted by atomic mass is 9.88. The van der Waals surface area contributed by atoms with E-state index in [1.807, 2.05) is 50.3 Å². The van der Waals surface area contributed by atoms with Gasteiger partial charge in [0.2, 0.25) is 27.7 Å². The maximum atomic E-state index is 14.9. The molecule has 0 spiro atoms. The predicted octanol–water partition coefficient (Wildman–Crippen LogP) is 5.02. The Morgan fingerprint density at radius 1 is 1.02 bits per heavy atom. The molecule has 3 heterocycles. The number of nitrogens with one attached hydrogen (secondary N) is 3. The van der Waals surface area contributed by atoms with E-state index in [9.17, 15) is 27.6 Å².